The molecule has 0 aromatic rings. The fourth-order valence-corrected chi connectivity index (χ4v) is 3.85. The van der Waals surface area contributed by atoms with E-state index in [1.807, 2.05) is 5.94 Å². The summed E-state index contributed by atoms with van der Waals surface area (Å²) in [7, 11) is -0.986. The molecule has 0 rings (SSSR count). The van der Waals surface area contributed by atoms with E-state index < -0.39 is 8.07 Å². The predicted molar refractivity (Wildman–Crippen MR) is 56.9 cm³/mol. The van der Waals surface area contributed by atoms with Crippen LogP contribution in [0.3, 0.4) is 0 Å². The van der Waals surface area contributed by atoms with Crippen LogP contribution in [0.2, 0.25) is 25.2 Å². The van der Waals surface area contributed by atoms with E-state index in [0.717, 1.165) is 12.0 Å². The molecule has 0 saturated carbocycles. The second-order valence-electron chi connectivity index (χ2n) is 4.37. The summed E-state index contributed by atoms with van der Waals surface area (Å²) in [6, 6.07) is 0. The van der Waals surface area contributed by atoms with Crippen molar-refractivity contribution in [1.29, 1.82) is 0 Å². The molecule has 0 bridgehead atoms. The van der Waals surface area contributed by atoms with Gasteiger partial charge in [0.2, 0.25) is 0 Å². The molecule has 0 aromatic carbocycles. The fourth-order valence-electron chi connectivity index (χ4n) is 1.59. The third-order valence-corrected chi connectivity index (χ3v) is 5.61. The summed E-state index contributed by atoms with van der Waals surface area (Å²) >= 11 is 0. The first-order valence-corrected chi connectivity index (χ1v) is 8.29. The third kappa shape index (κ3) is 4.53. The molecule has 1 unspecified atom stereocenters. The zero-order chi connectivity index (χ0) is 9.61. The molecular formula is C10H20OSi. The van der Waals surface area contributed by atoms with Gasteiger partial charge >= 0.3 is 0 Å². The van der Waals surface area contributed by atoms with Gasteiger partial charge in [-0.05, 0) is 24.5 Å². The van der Waals surface area contributed by atoms with Crippen LogP contribution in [-0.2, 0) is 4.79 Å². The smallest absolute Gasteiger partial charge is 0.120 e. The van der Waals surface area contributed by atoms with Crippen LogP contribution in [0.15, 0.2) is 6.08 Å². The molecular weight excluding hydrogens is 164 g/mol. The van der Waals surface area contributed by atoms with Crippen molar-refractivity contribution in [2.24, 2.45) is 0 Å². The highest BCUT2D eigenvalue weighted by Gasteiger charge is 2.23. The van der Waals surface area contributed by atoms with Crippen molar-refractivity contribution in [2.75, 3.05) is 0 Å². The Kier molecular flexibility index (Phi) is 5.19. The lowest BCUT2D eigenvalue weighted by Gasteiger charge is -2.27. The molecule has 12 heavy (non-hydrogen) atoms. The van der Waals surface area contributed by atoms with Gasteiger partial charge in [0.25, 0.3) is 0 Å². The Bertz CT molecular complexity index is 163. The van der Waals surface area contributed by atoms with E-state index in [-0.39, 0.29) is 0 Å². The van der Waals surface area contributed by atoms with Gasteiger partial charge in [-0.2, -0.15) is 0 Å². The maximum absolute atomic E-state index is 9.96. The van der Waals surface area contributed by atoms with Crippen LogP contribution < -0.4 is 0 Å². The second kappa shape index (κ2) is 5.34. The highest BCUT2D eigenvalue weighted by Crippen LogP contribution is 2.29. The van der Waals surface area contributed by atoms with Gasteiger partial charge in [-0.1, -0.05) is 33.0 Å². The molecule has 0 aromatic heterocycles. The van der Waals surface area contributed by atoms with Crippen LogP contribution in [-0.4, -0.2) is 14.0 Å². The fraction of sp³-hybridized carbons (Fsp3) is 0.800. The van der Waals surface area contributed by atoms with Crippen molar-refractivity contribution >= 4 is 14.0 Å². The monoisotopic (exact) mass is 184 g/mol. The van der Waals surface area contributed by atoms with E-state index in [4.69, 9.17) is 0 Å². The van der Waals surface area contributed by atoms with Crippen LogP contribution >= 0.6 is 0 Å². The van der Waals surface area contributed by atoms with Crippen LogP contribution in [0.5, 0.6) is 0 Å². The zero-order valence-corrected chi connectivity index (χ0v) is 9.68. The third-order valence-electron chi connectivity index (χ3n) is 2.46. The van der Waals surface area contributed by atoms with Crippen molar-refractivity contribution in [1.82, 2.24) is 0 Å². The van der Waals surface area contributed by atoms with Gasteiger partial charge < -0.3 is 0 Å². The van der Waals surface area contributed by atoms with Gasteiger partial charge in [0.15, 0.2) is 0 Å². The molecule has 0 aliphatic heterocycles. The van der Waals surface area contributed by atoms with E-state index in [0.29, 0.717) is 0 Å². The summed E-state index contributed by atoms with van der Waals surface area (Å²) < 4.78 is 0. The van der Waals surface area contributed by atoms with Crippen molar-refractivity contribution in [2.45, 2.75) is 51.4 Å². The van der Waals surface area contributed by atoms with Crippen molar-refractivity contribution in [3.63, 3.8) is 0 Å². The summed E-state index contributed by atoms with van der Waals surface area (Å²) in [4.78, 5) is 9.96. The van der Waals surface area contributed by atoms with E-state index in [2.05, 4.69) is 26.6 Å². The van der Waals surface area contributed by atoms with Crippen LogP contribution in [0.1, 0.15) is 26.2 Å². The molecule has 0 amide bonds. The van der Waals surface area contributed by atoms with Gasteiger partial charge in [-0.15, -0.1) is 0 Å². The van der Waals surface area contributed by atoms with Gasteiger partial charge in [0, 0.05) is 8.07 Å². The van der Waals surface area contributed by atoms with Gasteiger partial charge in [-0.25, -0.2) is 4.79 Å². The Hall–Kier alpha value is -0.333. The average molecular weight is 184 g/mol. The van der Waals surface area contributed by atoms with Crippen molar-refractivity contribution in [3.8, 4) is 0 Å². The molecule has 70 valence electrons. The lowest BCUT2D eigenvalue weighted by Crippen LogP contribution is -2.27. The number of carbonyl (C=O) groups excluding carboxylic acids is 1. The molecule has 0 heterocycles. The minimum atomic E-state index is -0.986. The molecule has 1 atom stereocenters. The zero-order valence-electron chi connectivity index (χ0n) is 8.68. The molecule has 0 aliphatic carbocycles. The summed E-state index contributed by atoms with van der Waals surface area (Å²) in [6.07, 6.45) is 4.94. The number of allylic oxidation sites excluding steroid dienone is 1. The first-order valence-electron chi connectivity index (χ1n) is 4.71. The second-order valence-corrected chi connectivity index (χ2v) is 9.92. The van der Waals surface area contributed by atoms with E-state index in [9.17, 15) is 4.79 Å². The molecule has 0 saturated heterocycles. The predicted octanol–water partition coefficient (Wildman–Crippen LogP) is 3.27. The summed E-state index contributed by atoms with van der Waals surface area (Å²) in [5, 5.41) is 0. The van der Waals surface area contributed by atoms with Gasteiger partial charge in [-0.3, -0.25) is 0 Å². The molecule has 0 radical (unpaired) electrons. The Morgan fingerprint density at radius 2 is 2.00 bits per heavy atom. The highest BCUT2D eigenvalue weighted by atomic mass is 28.3. The molecule has 0 aliphatic rings. The Morgan fingerprint density at radius 3 is 2.33 bits per heavy atom. The van der Waals surface area contributed by atoms with Crippen LogP contribution in [0.4, 0.5) is 0 Å². The normalized spacial score (nSPS) is 13.7. The first-order chi connectivity index (χ1) is 5.52. The van der Waals surface area contributed by atoms with E-state index in [1.54, 1.807) is 6.08 Å². The maximum Gasteiger partial charge on any atom is 0.120 e. The Labute approximate surface area is 76.9 Å². The highest BCUT2D eigenvalue weighted by molar-refractivity contribution is 6.77. The lowest BCUT2D eigenvalue weighted by atomic mass is 10.2. The molecule has 0 fully saturated rings. The standard InChI is InChI=1S/C10H20OSi/c1-5-10(12(2,3)4)8-6-7-9-11/h7,10H,5-6,8H2,1-4H3. The van der Waals surface area contributed by atoms with Crippen LogP contribution in [0, 0.1) is 0 Å². The summed E-state index contributed by atoms with van der Waals surface area (Å²) in [5.41, 5.74) is 0.849. The first kappa shape index (κ1) is 11.7. The number of hydrogen-bond donors (Lipinski definition) is 0. The maximum atomic E-state index is 9.96. The minimum absolute atomic E-state index is 0.849. The number of hydrogen-bond acceptors (Lipinski definition) is 1. The largest absolute Gasteiger partial charge is 0.234 e. The molecule has 1 nitrogen and oxygen atoms in total. The van der Waals surface area contributed by atoms with E-state index >= 15 is 0 Å². The molecule has 0 spiro atoms. The van der Waals surface area contributed by atoms with Gasteiger partial charge in [0.05, 0.1) is 0 Å². The SMILES string of the molecule is CCC(CCC=C=O)[Si](C)(C)C. The van der Waals surface area contributed by atoms with Crippen LogP contribution in [0.25, 0.3) is 0 Å². The molecule has 2 heteroatoms. The Balaban J connectivity index is 3.92. The van der Waals surface area contributed by atoms with E-state index in [1.165, 1.54) is 12.8 Å². The summed E-state index contributed by atoms with van der Waals surface area (Å²) in [6.45, 7) is 9.43. The average Bonchev–Trinajstić information content (AvgIpc) is 1.95. The van der Waals surface area contributed by atoms with Crippen molar-refractivity contribution < 1.29 is 4.79 Å². The minimum Gasteiger partial charge on any atom is -0.234 e. The quantitative estimate of drug-likeness (QED) is 0.473. The van der Waals surface area contributed by atoms with Gasteiger partial charge in [0.1, 0.15) is 5.94 Å². The Morgan fingerprint density at radius 1 is 1.42 bits per heavy atom. The lowest BCUT2D eigenvalue weighted by molar-refractivity contribution is 0.567. The molecule has 0 N–H and O–H groups in total. The number of rotatable bonds is 5. The van der Waals surface area contributed by atoms with Crippen molar-refractivity contribution in [3.05, 3.63) is 6.08 Å². The summed E-state index contributed by atoms with van der Waals surface area (Å²) in [5.74, 6) is 1.84. The topological polar surface area (TPSA) is 17.1 Å².